The van der Waals surface area contributed by atoms with Crippen molar-refractivity contribution < 1.29 is 14.2 Å². The van der Waals surface area contributed by atoms with E-state index in [1.54, 1.807) is 27.4 Å². The van der Waals surface area contributed by atoms with Gasteiger partial charge in [0, 0.05) is 52.5 Å². The number of halogens is 4. The summed E-state index contributed by atoms with van der Waals surface area (Å²) in [6, 6.07) is 18.0. The van der Waals surface area contributed by atoms with Crippen LogP contribution in [-0.4, -0.2) is 60.4 Å². The molecule has 314 valence electrons. The van der Waals surface area contributed by atoms with E-state index in [4.69, 9.17) is 82.0 Å². The van der Waals surface area contributed by atoms with E-state index in [9.17, 15) is 0 Å². The van der Waals surface area contributed by atoms with Gasteiger partial charge in [-0.1, -0.05) is 72.1 Å². The van der Waals surface area contributed by atoms with E-state index < -0.39 is 0 Å². The maximum Gasteiger partial charge on any atom is 0.131 e. The first-order valence-corrected chi connectivity index (χ1v) is 21.4. The van der Waals surface area contributed by atoms with Gasteiger partial charge in [0.1, 0.15) is 34.0 Å². The first-order chi connectivity index (χ1) is 28.3. The highest BCUT2D eigenvalue weighted by Crippen LogP contribution is 2.35. The van der Waals surface area contributed by atoms with Gasteiger partial charge in [-0.2, -0.15) is 0 Å². The van der Waals surface area contributed by atoms with E-state index >= 15 is 0 Å². The standard InChI is InChI=1S/C28H30Cl2N4O2.C11H9Cl2NO.C6H14N2/c1-15-9-17-19(29)12-28(34-24(17)14-26(15)36-4)32-22-8-6-5-7-21(22)31-27-13-20(30)18-11-25(35-3)16(2)10-23(18)33-27;1-6-3-7-8(12)4-11(13)14-9(7)5-10(6)15-2;7-5-3-1-2-4-6(5)8/h9-14,21-22H,5-8H2,1-4H3,(H,31,33)(H,32,34);3-5H,1-2H3;5-6H,1-4,7-8H2/t21-,22-;;5-,6-/m1.1/s1. The Bertz CT molecular complexity index is 2430. The van der Waals surface area contributed by atoms with Gasteiger partial charge in [-0.25, -0.2) is 15.0 Å². The van der Waals surface area contributed by atoms with Crippen LogP contribution in [0.4, 0.5) is 11.6 Å². The number of hydrogen-bond donors (Lipinski definition) is 4. The first-order valence-electron chi connectivity index (χ1n) is 19.9. The molecule has 0 unspecified atom stereocenters. The number of nitrogens with two attached hydrogens (primary N) is 2. The lowest BCUT2D eigenvalue weighted by atomic mass is 9.90. The Morgan fingerprint density at radius 2 is 0.864 bits per heavy atom. The number of benzene rings is 3. The van der Waals surface area contributed by atoms with Gasteiger partial charge >= 0.3 is 0 Å². The topological polar surface area (TPSA) is 142 Å². The van der Waals surface area contributed by atoms with Crippen LogP contribution in [0.5, 0.6) is 17.2 Å². The largest absolute Gasteiger partial charge is 0.496 e. The summed E-state index contributed by atoms with van der Waals surface area (Å²) in [7, 11) is 4.96. The molecule has 0 amide bonds. The molecule has 4 atom stereocenters. The predicted octanol–water partition coefficient (Wildman–Crippen LogP) is 11.6. The lowest BCUT2D eigenvalue weighted by molar-refractivity contribution is 0.385. The zero-order valence-electron chi connectivity index (χ0n) is 34.4. The van der Waals surface area contributed by atoms with Crippen LogP contribution in [0.15, 0.2) is 54.6 Å². The summed E-state index contributed by atoms with van der Waals surface area (Å²) < 4.78 is 16.1. The number of pyridine rings is 3. The molecule has 0 bridgehead atoms. The van der Waals surface area contributed by atoms with Gasteiger partial charge in [-0.05, 0) is 106 Å². The highest BCUT2D eigenvalue weighted by atomic mass is 35.5. The van der Waals surface area contributed by atoms with Crippen molar-refractivity contribution in [1.82, 2.24) is 15.0 Å². The molecule has 2 fully saturated rings. The molecule has 8 rings (SSSR count). The van der Waals surface area contributed by atoms with Crippen molar-refractivity contribution in [3.63, 3.8) is 0 Å². The van der Waals surface area contributed by atoms with Crippen molar-refractivity contribution in [3.05, 3.63) is 91.5 Å². The molecule has 59 heavy (non-hydrogen) atoms. The maximum atomic E-state index is 6.65. The van der Waals surface area contributed by atoms with Crippen LogP contribution in [0, 0.1) is 20.8 Å². The van der Waals surface area contributed by atoms with Gasteiger partial charge < -0.3 is 36.3 Å². The number of hydrogen-bond acceptors (Lipinski definition) is 10. The number of aromatic nitrogens is 3. The number of aryl methyl sites for hydroxylation is 3. The summed E-state index contributed by atoms with van der Waals surface area (Å²) in [5.41, 5.74) is 16.8. The molecule has 2 aliphatic carbocycles. The Morgan fingerprint density at radius 3 is 1.32 bits per heavy atom. The Kier molecular flexibility index (Phi) is 15.1. The molecule has 0 saturated heterocycles. The van der Waals surface area contributed by atoms with Gasteiger partial charge in [-0.15, -0.1) is 0 Å². The Labute approximate surface area is 366 Å². The Hall–Kier alpha value is -4.03. The Morgan fingerprint density at radius 1 is 0.492 bits per heavy atom. The summed E-state index contributed by atoms with van der Waals surface area (Å²) in [6.45, 7) is 5.97. The van der Waals surface area contributed by atoms with E-state index in [1.165, 1.54) is 12.8 Å². The molecule has 0 aliphatic heterocycles. The van der Waals surface area contributed by atoms with Gasteiger partial charge in [0.15, 0.2) is 0 Å². The summed E-state index contributed by atoms with van der Waals surface area (Å²) in [6.07, 6.45) is 9.13. The zero-order valence-corrected chi connectivity index (χ0v) is 37.4. The van der Waals surface area contributed by atoms with Crippen LogP contribution in [0.3, 0.4) is 0 Å². The van der Waals surface area contributed by atoms with E-state index in [2.05, 4.69) is 15.6 Å². The van der Waals surface area contributed by atoms with Crippen molar-refractivity contribution in [3.8, 4) is 17.2 Å². The van der Waals surface area contributed by atoms with Crippen molar-refractivity contribution in [2.24, 2.45) is 11.5 Å². The minimum absolute atomic E-state index is 0.168. The van der Waals surface area contributed by atoms with E-state index in [0.29, 0.717) is 20.2 Å². The van der Waals surface area contributed by atoms with Gasteiger partial charge in [0.2, 0.25) is 0 Å². The fraction of sp³-hybridized carbons (Fsp3) is 0.400. The fourth-order valence-corrected chi connectivity index (χ4v) is 8.80. The highest BCUT2D eigenvalue weighted by molar-refractivity contribution is 6.38. The van der Waals surface area contributed by atoms with Gasteiger partial charge in [0.05, 0.1) is 52.9 Å². The molecule has 0 radical (unpaired) electrons. The average molecular weight is 882 g/mol. The third-order valence-electron chi connectivity index (χ3n) is 11.1. The molecule has 3 aromatic heterocycles. The maximum absolute atomic E-state index is 6.65. The molecular weight excluding hydrogens is 828 g/mol. The quantitative estimate of drug-likeness (QED) is 0.114. The van der Waals surface area contributed by atoms with Gasteiger partial charge in [-0.3, -0.25) is 0 Å². The number of methoxy groups -OCH3 is 3. The molecule has 6 aromatic rings. The van der Waals surface area contributed by atoms with Crippen LogP contribution in [0.2, 0.25) is 20.2 Å². The van der Waals surface area contributed by atoms with Crippen LogP contribution in [-0.2, 0) is 0 Å². The van der Waals surface area contributed by atoms with E-state index in [-0.39, 0.29) is 24.2 Å². The number of rotatable bonds is 7. The number of nitrogens with zero attached hydrogens (tertiary/aromatic N) is 3. The molecule has 3 heterocycles. The van der Waals surface area contributed by atoms with Crippen LogP contribution in [0.1, 0.15) is 68.1 Å². The van der Waals surface area contributed by atoms with Crippen LogP contribution in [0.25, 0.3) is 32.7 Å². The minimum atomic E-state index is 0.168. The summed E-state index contributed by atoms with van der Waals surface area (Å²) in [4.78, 5) is 13.9. The van der Waals surface area contributed by atoms with E-state index in [1.807, 2.05) is 69.3 Å². The SMILES string of the molecule is COc1cc2nc(Cl)cc(Cl)c2cc1C.COc1cc2nc(N[C@@H]3CCCC[C@H]3Nc3cc(Cl)c4cc(OC)c(C)cc4n3)cc(Cl)c2cc1C.N[C@@H]1CCCC[C@H]1N. The normalized spacial score (nSPS) is 19.0. The Balaban J connectivity index is 0.000000207. The molecule has 0 spiro atoms. The minimum Gasteiger partial charge on any atom is -0.496 e. The second kappa shape index (κ2) is 20.0. The number of anilines is 2. The second-order valence-corrected chi connectivity index (χ2v) is 16.9. The molecule has 14 heteroatoms. The average Bonchev–Trinajstić information content (AvgIpc) is 3.20. The molecule has 10 nitrogen and oxygen atoms in total. The number of nitrogens with one attached hydrogen (secondary N) is 2. The van der Waals surface area contributed by atoms with Crippen molar-refractivity contribution in [2.75, 3.05) is 32.0 Å². The smallest absolute Gasteiger partial charge is 0.131 e. The monoisotopic (exact) mass is 879 g/mol. The molecular formula is C45H53Cl4N7O3. The fourth-order valence-electron chi connectivity index (χ4n) is 7.78. The molecule has 2 saturated carbocycles. The second-order valence-electron chi connectivity index (χ2n) is 15.3. The molecule has 3 aromatic carbocycles. The van der Waals surface area contributed by atoms with Crippen LogP contribution < -0.4 is 36.3 Å². The van der Waals surface area contributed by atoms with Crippen LogP contribution >= 0.6 is 46.4 Å². The van der Waals surface area contributed by atoms with Gasteiger partial charge in [0.25, 0.3) is 0 Å². The third-order valence-corrected chi connectivity index (χ3v) is 12.2. The first kappa shape index (κ1) is 44.5. The number of ether oxygens (including phenoxy) is 3. The summed E-state index contributed by atoms with van der Waals surface area (Å²) in [5, 5.41) is 12.3. The highest BCUT2D eigenvalue weighted by Gasteiger charge is 2.26. The molecule has 6 N–H and O–H groups in total. The lowest BCUT2D eigenvalue weighted by Crippen LogP contribution is -2.43. The van der Waals surface area contributed by atoms with Crippen molar-refractivity contribution in [2.45, 2.75) is 96.3 Å². The zero-order chi connectivity index (χ0) is 42.4. The summed E-state index contributed by atoms with van der Waals surface area (Å²) in [5.74, 6) is 3.91. The van der Waals surface area contributed by atoms with Crippen molar-refractivity contribution >= 4 is 90.7 Å². The summed E-state index contributed by atoms with van der Waals surface area (Å²) >= 11 is 25.2. The molecule has 2 aliphatic rings. The van der Waals surface area contributed by atoms with E-state index in [0.717, 1.165) is 117 Å². The third kappa shape index (κ3) is 10.8. The number of fused-ring (bicyclic) bond motifs is 3. The van der Waals surface area contributed by atoms with Crippen molar-refractivity contribution in [1.29, 1.82) is 0 Å². The lowest BCUT2D eigenvalue weighted by Gasteiger charge is -2.33. The predicted molar refractivity (Wildman–Crippen MR) is 247 cm³/mol.